The molecular weight excluding hydrogens is 398 g/mol. The van der Waals surface area contributed by atoms with Crippen LogP contribution in [0.2, 0.25) is 0 Å². The predicted octanol–water partition coefficient (Wildman–Crippen LogP) is 3.69. The monoisotopic (exact) mass is 433 g/mol. The number of carbonyl (C=O) groups excluding carboxylic acids is 2. The van der Waals surface area contributed by atoms with Crippen molar-refractivity contribution in [2.24, 2.45) is 34.7 Å². The molecule has 2 fully saturated rings. The number of H-pyrrole nitrogens is 1. The first kappa shape index (κ1) is 23.2. The van der Waals surface area contributed by atoms with Crippen molar-refractivity contribution in [1.82, 2.24) is 15.2 Å². The Bertz CT molecular complexity index is 814. The van der Waals surface area contributed by atoms with Crippen LogP contribution < -0.4 is 5.43 Å². The minimum absolute atomic E-state index is 0.0332. The van der Waals surface area contributed by atoms with Gasteiger partial charge in [-0.1, -0.05) is 48.0 Å². The molecule has 1 aromatic rings. The van der Waals surface area contributed by atoms with Crippen molar-refractivity contribution in [2.75, 3.05) is 5.43 Å². The number of hydrazone groups is 1. The van der Waals surface area contributed by atoms with Gasteiger partial charge in [-0.3, -0.25) is 5.10 Å². The number of hydrogen-bond donors (Lipinski definition) is 2. The number of ether oxygens (including phenoxy) is 2. The molecule has 1 saturated carbocycles. The van der Waals surface area contributed by atoms with Crippen molar-refractivity contribution in [3.05, 3.63) is 5.82 Å². The number of carbonyl (C=O) groups is 2. The quantitative estimate of drug-likeness (QED) is 0.497. The minimum Gasteiger partial charge on any atom is -0.417 e. The summed E-state index contributed by atoms with van der Waals surface area (Å²) in [5.41, 5.74) is 2.15. The molecule has 4 atom stereocenters. The second kappa shape index (κ2) is 9.36. The fourth-order valence-electron chi connectivity index (χ4n) is 4.56. The maximum atomic E-state index is 12.7. The molecule has 1 saturated heterocycles. The van der Waals surface area contributed by atoms with Crippen LogP contribution in [0.15, 0.2) is 5.10 Å². The summed E-state index contributed by atoms with van der Waals surface area (Å²) in [6, 6.07) is 0. The molecule has 172 valence electrons. The summed E-state index contributed by atoms with van der Waals surface area (Å²) in [6.07, 6.45) is 4.22. The van der Waals surface area contributed by atoms with E-state index in [0.717, 1.165) is 31.5 Å². The van der Waals surface area contributed by atoms with Gasteiger partial charge in [0.2, 0.25) is 0 Å². The van der Waals surface area contributed by atoms with E-state index in [1.807, 2.05) is 0 Å². The third-order valence-corrected chi connectivity index (χ3v) is 6.82. The summed E-state index contributed by atoms with van der Waals surface area (Å²) < 4.78 is 11.5. The molecule has 9 nitrogen and oxygen atoms in total. The summed E-state index contributed by atoms with van der Waals surface area (Å²) in [5.74, 6) is -0.343. The molecule has 2 N–H and O–H groups in total. The highest BCUT2D eigenvalue weighted by atomic mass is 16.7. The summed E-state index contributed by atoms with van der Waals surface area (Å²) in [5, 5.41) is 10.8. The second-order valence-corrected chi connectivity index (χ2v) is 9.57. The van der Waals surface area contributed by atoms with Gasteiger partial charge in [0.05, 0.1) is 0 Å². The molecule has 1 aliphatic carbocycles. The molecule has 31 heavy (non-hydrogen) atoms. The van der Waals surface area contributed by atoms with Crippen LogP contribution in [0, 0.1) is 29.6 Å². The van der Waals surface area contributed by atoms with E-state index in [9.17, 15) is 9.59 Å². The summed E-state index contributed by atoms with van der Waals surface area (Å²) in [4.78, 5) is 29.7. The van der Waals surface area contributed by atoms with Gasteiger partial charge in [0.1, 0.15) is 5.82 Å². The summed E-state index contributed by atoms with van der Waals surface area (Å²) in [7, 11) is 0. The molecule has 1 aromatic heterocycles. The van der Waals surface area contributed by atoms with Crippen LogP contribution in [0.1, 0.15) is 73.1 Å². The predicted molar refractivity (Wildman–Crippen MR) is 116 cm³/mol. The number of anilines is 1. The molecule has 1 spiro atoms. The number of rotatable bonds is 7. The van der Waals surface area contributed by atoms with E-state index in [-0.39, 0.29) is 17.8 Å². The van der Waals surface area contributed by atoms with Crippen LogP contribution in [0.3, 0.4) is 0 Å². The zero-order chi connectivity index (χ0) is 22.8. The molecule has 0 bridgehead atoms. The van der Waals surface area contributed by atoms with Crippen LogP contribution in [0.25, 0.3) is 0 Å². The third kappa shape index (κ3) is 5.07. The number of hydrogen-bond acceptors (Lipinski definition) is 8. The lowest BCUT2D eigenvalue weighted by Gasteiger charge is -2.47. The van der Waals surface area contributed by atoms with Crippen LogP contribution >= 0.6 is 0 Å². The lowest BCUT2D eigenvalue weighted by atomic mass is 9.72. The molecule has 2 heterocycles. The van der Waals surface area contributed by atoms with Crippen molar-refractivity contribution in [1.29, 1.82) is 0 Å². The molecule has 0 radical (unpaired) electrons. The van der Waals surface area contributed by atoms with E-state index in [1.165, 1.54) is 0 Å². The number of nitrogens with one attached hydrogen (secondary N) is 2. The van der Waals surface area contributed by atoms with E-state index >= 15 is 0 Å². The molecule has 2 aliphatic rings. The Kier molecular flexibility index (Phi) is 7.01. The molecule has 3 unspecified atom stereocenters. The number of nitrogens with zero attached hydrogens (tertiary/aromatic N) is 3. The zero-order valence-corrected chi connectivity index (χ0v) is 19.4. The molecule has 3 rings (SSSR count). The summed E-state index contributed by atoms with van der Waals surface area (Å²) in [6.45, 7) is 12.7. The standard InChI is InChI=1S/C22H35N5O4/c1-7-14(5)15(6)10-17-23-21(26-24-17)27-25-18-19(28)30-22(31-20(18)29)11-13(4)8-9-16(22)12(2)3/h12-16H,7-11H2,1-6H3,(H2,23,24,26,27)/t13?,14?,15-,16?,22?/m0/s1. The average molecular weight is 434 g/mol. The first-order chi connectivity index (χ1) is 14.6. The van der Waals surface area contributed by atoms with Crippen molar-refractivity contribution in [2.45, 2.75) is 79.4 Å². The number of esters is 2. The van der Waals surface area contributed by atoms with E-state index in [4.69, 9.17) is 9.47 Å². The van der Waals surface area contributed by atoms with Gasteiger partial charge < -0.3 is 9.47 Å². The van der Waals surface area contributed by atoms with E-state index < -0.39 is 23.4 Å². The van der Waals surface area contributed by atoms with Crippen LogP contribution in [-0.4, -0.2) is 38.6 Å². The van der Waals surface area contributed by atoms with Gasteiger partial charge in [0.25, 0.3) is 17.4 Å². The Morgan fingerprint density at radius 3 is 2.45 bits per heavy atom. The van der Waals surface area contributed by atoms with Crippen molar-refractivity contribution in [3.8, 4) is 0 Å². The Morgan fingerprint density at radius 2 is 1.84 bits per heavy atom. The van der Waals surface area contributed by atoms with Crippen molar-refractivity contribution in [3.63, 3.8) is 0 Å². The highest BCUT2D eigenvalue weighted by Crippen LogP contribution is 2.45. The maximum Gasteiger partial charge on any atom is 0.369 e. The maximum absolute atomic E-state index is 12.7. The van der Waals surface area contributed by atoms with E-state index in [0.29, 0.717) is 24.2 Å². The topological polar surface area (TPSA) is 119 Å². The van der Waals surface area contributed by atoms with Crippen molar-refractivity contribution >= 4 is 23.6 Å². The van der Waals surface area contributed by atoms with Crippen LogP contribution in [0.4, 0.5) is 5.95 Å². The normalized spacial score (nSPS) is 28.3. The van der Waals surface area contributed by atoms with Gasteiger partial charge in [0.15, 0.2) is 0 Å². The van der Waals surface area contributed by atoms with Gasteiger partial charge >= 0.3 is 11.9 Å². The fraction of sp³-hybridized carbons (Fsp3) is 0.773. The van der Waals surface area contributed by atoms with E-state index in [2.05, 4.69) is 67.3 Å². The molecule has 1 aliphatic heterocycles. The minimum atomic E-state index is -1.21. The van der Waals surface area contributed by atoms with Crippen LogP contribution in [0.5, 0.6) is 0 Å². The number of aromatic amines is 1. The van der Waals surface area contributed by atoms with E-state index in [1.54, 1.807) is 0 Å². The smallest absolute Gasteiger partial charge is 0.369 e. The first-order valence-corrected chi connectivity index (χ1v) is 11.4. The third-order valence-electron chi connectivity index (χ3n) is 6.82. The molecule has 0 amide bonds. The fourth-order valence-corrected chi connectivity index (χ4v) is 4.56. The van der Waals surface area contributed by atoms with Gasteiger partial charge in [-0.25, -0.2) is 15.0 Å². The van der Waals surface area contributed by atoms with Gasteiger partial charge in [-0.15, -0.1) is 5.10 Å². The largest absolute Gasteiger partial charge is 0.417 e. The Morgan fingerprint density at radius 1 is 1.16 bits per heavy atom. The molecular formula is C22H35N5O4. The van der Waals surface area contributed by atoms with Crippen LogP contribution in [-0.2, 0) is 25.5 Å². The highest BCUT2D eigenvalue weighted by molar-refractivity contribution is 6.63. The Hall–Kier alpha value is -2.45. The highest BCUT2D eigenvalue weighted by Gasteiger charge is 2.55. The SMILES string of the molecule is CCC(C)[C@@H](C)Cc1nc(NN=C2C(=O)OC3(CC(C)CCC3C(C)C)OC2=O)n[nH]1. The number of aromatic nitrogens is 3. The lowest BCUT2D eigenvalue weighted by molar-refractivity contribution is -0.267. The Labute approximate surface area is 183 Å². The Balaban J connectivity index is 1.68. The van der Waals surface area contributed by atoms with Gasteiger partial charge in [-0.05, 0) is 36.5 Å². The first-order valence-electron chi connectivity index (χ1n) is 11.4. The molecule has 9 heteroatoms. The second-order valence-electron chi connectivity index (χ2n) is 9.57. The summed E-state index contributed by atoms with van der Waals surface area (Å²) >= 11 is 0. The average Bonchev–Trinajstić information content (AvgIpc) is 3.13. The lowest BCUT2D eigenvalue weighted by Crippen LogP contribution is -2.58. The zero-order valence-electron chi connectivity index (χ0n) is 19.4. The van der Waals surface area contributed by atoms with Gasteiger partial charge in [0, 0.05) is 18.8 Å². The van der Waals surface area contributed by atoms with Gasteiger partial charge in [-0.2, -0.15) is 10.1 Å². The molecule has 0 aromatic carbocycles. The van der Waals surface area contributed by atoms with Crippen molar-refractivity contribution < 1.29 is 19.1 Å².